The molecule has 0 aromatic carbocycles. The summed E-state index contributed by atoms with van der Waals surface area (Å²) in [6.45, 7) is 21.8. The number of epoxide rings is 1. The predicted molar refractivity (Wildman–Crippen MR) is 132 cm³/mol. The first-order valence-electron chi connectivity index (χ1n) is 13.8. The van der Waals surface area contributed by atoms with Crippen LogP contribution in [0, 0.1) is 45.3 Å². The molecule has 32 heavy (non-hydrogen) atoms. The summed E-state index contributed by atoms with van der Waals surface area (Å²) < 4.78 is 5.86. The van der Waals surface area contributed by atoms with Crippen LogP contribution in [-0.2, 0) is 4.74 Å². The van der Waals surface area contributed by atoms with E-state index in [1.54, 1.807) is 0 Å². The first-order chi connectivity index (χ1) is 14.8. The van der Waals surface area contributed by atoms with E-state index in [9.17, 15) is 5.11 Å². The summed E-state index contributed by atoms with van der Waals surface area (Å²) in [6, 6.07) is 0. The van der Waals surface area contributed by atoms with E-state index in [-0.39, 0.29) is 17.1 Å². The summed E-state index contributed by atoms with van der Waals surface area (Å²) in [6.07, 6.45) is 13.0. The van der Waals surface area contributed by atoms with Gasteiger partial charge in [-0.3, -0.25) is 0 Å². The zero-order chi connectivity index (χ0) is 23.3. The van der Waals surface area contributed by atoms with Gasteiger partial charge in [0, 0.05) is 0 Å². The molecule has 0 amide bonds. The maximum absolute atomic E-state index is 10.9. The monoisotopic (exact) mass is 442 g/mol. The Bertz CT molecular complexity index is 782. The van der Waals surface area contributed by atoms with Crippen LogP contribution in [0.1, 0.15) is 113 Å². The van der Waals surface area contributed by atoms with Crippen molar-refractivity contribution in [2.75, 3.05) is 0 Å². The highest BCUT2D eigenvalue weighted by atomic mass is 16.6. The van der Waals surface area contributed by atoms with Gasteiger partial charge in [-0.05, 0) is 123 Å². The third-order valence-corrected chi connectivity index (χ3v) is 12.8. The van der Waals surface area contributed by atoms with Crippen molar-refractivity contribution in [1.82, 2.24) is 0 Å². The second kappa shape index (κ2) is 7.09. The molecular formula is C30H50O2. The topological polar surface area (TPSA) is 32.8 Å². The van der Waals surface area contributed by atoms with Gasteiger partial charge >= 0.3 is 0 Å². The number of aliphatic hydroxyl groups excluding tert-OH is 1. The molecule has 4 saturated carbocycles. The summed E-state index contributed by atoms with van der Waals surface area (Å²) in [7, 11) is 0. The van der Waals surface area contributed by atoms with Crippen LogP contribution in [0.25, 0.3) is 0 Å². The Morgan fingerprint density at radius 1 is 0.844 bits per heavy atom. The van der Waals surface area contributed by atoms with Gasteiger partial charge in [0.2, 0.25) is 0 Å². The lowest BCUT2D eigenvalue weighted by Crippen LogP contribution is -2.63. The van der Waals surface area contributed by atoms with Gasteiger partial charge in [0.15, 0.2) is 0 Å². The molecule has 5 rings (SSSR count). The standard InChI is InChI=1S/C30H50O2/c1-19(9-12-25-27(4,5)32-25)20-13-17-29(7)21(20)10-11-23-28(6)16-15-24(31)26(2,3)22(28)14-18-30(23,29)8/h20-25,31H,1,9-18H2,2-8H3/t20-,21-,22+,23-,24+,25-,28+,29-,30-/m1/s1. The van der Waals surface area contributed by atoms with E-state index in [4.69, 9.17) is 4.74 Å². The van der Waals surface area contributed by atoms with Gasteiger partial charge in [-0.2, -0.15) is 0 Å². The molecular weight excluding hydrogens is 392 g/mol. The quantitative estimate of drug-likeness (QED) is 0.360. The smallest absolute Gasteiger partial charge is 0.0892 e. The molecule has 1 saturated heterocycles. The van der Waals surface area contributed by atoms with Gasteiger partial charge < -0.3 is 9.84 Å². The second-order valence-electron chi connectivity index (χ2n) is 14.6. The molecule has 182 valence electrons. The lowest BCUT2D eigenvalue weighted by atomic mass is 9.35. The Kier molecular flexibility index (Phi) is 5.19. The fourth-order valence-electron chi connectivity index (χ4n) is 10.5. The Labute approximate surface area is 198 Å². The molecule has 0 aromatic rings. The molecule has 4 aliphatic carbocycles. The minimum atomic E-state index is -0.128. The molecule has 1 heterocycles. The highest BCUT2D eigenvalue weighted by molar-refractivity contribution is 5.20. The number of fused-ring (bicyclic) bond motifs is 5. The molecule has 5 aliphatic rings. The highest BCUT2D eigenvalue weighted by Crippen LogP contribution is 2.75. The van der Waals surface area contributed by atoms with Crippen LogP contribution in [0.5, 0.6) is 0 Å². The van der Waals surface area contributed by atoms with E-state index in [0.29, 0.717) is 28.3 Å². The summed E-state index contributed by atoms with van der Waals surface area (Å²) >= 11 is 0. The molecule has 0 radical (unpaired) electrons. The van der Waals surface area contributed by atoms with Gasteiger partial charge in [0.1, 0.15) is 0 Å². The summed E-state index contributed by atoms with van der Waals surface area (Å²) in [4.78, 5) is 0. The maximum Gasteiger partial charge on any atom is 0.0892 e. The zero-order valence-electron chi connectivity index (χ0n) is 22.1. The molecule has 0 unspecified atom stereocenters. The zero-order valence-corrected chi connectivity index (χ0v) is 22.1. The number of aliphatic hydroxyl groups is 1. The predicted octanol–water partition coefficient (Wildman–Crippen LogP) is 7.55. The van der Waals surface area contributed by atoms with E-state index in [1.165, 1.54) is 50.5 Å². The van der Waals surface area contributed by atoms with Gasteiger partial charge in [-0.25, -0.2) is 0 Å². The van der Waals surface area contributed by atoms with E-state index < -0.39 is 0 Å². The highest BCUT2D eigenvalue weighted by Gasteiger charge is 2.68. The van der Waals surface area contributed by atoms with Crippen LogP contribution in [-0.4, -0.2) is 22.9 Å². The average molecular weight is 443 g/mol. The molecule has 0 spiro atoms. The van der Waals surface area contributed by atoms with Crippen LogP contribution in [0.3, 0.4) is 0 Å². The van der Waals surface area contributed by atoms with Crippen molar-refractivity contribution in [2.24, 2.45) is 45.3 Å². The Morgan fingerprint density at radius 2 is 1.50 bits per heavy atom. The Hall–Kier alpha value is -0.340. The van der Waals surface area contributed by atoms with E-state index in [0.717, 1.165) is 37.0 Å². The van der Waals surface area contributed by atoms with Crippen molar-refractivity contribution in [1.29, 1.82) is 0 Å². The van der Waals surface area contributed by atoms with Crippen LogP contribution in [0.2, 0.25) is 0 Å². The SMILES string of the molecule is C=C(CC[C@H]1OC1(C)C)[C@H]1CC[C@]2(C)[C@@H]1CC[C@@H]1[C@@]3(C)CC[C@H](O)C(C)(C)[C@@H]3CC[C@]12C. The van der Waals surface area contributed by atoms with Crippen molar-refractivity contribution >= 4 is 0 Å². The fraction of sp³-hybridized carbons (Fsp3) is 0.933. The normalized spacial score (nSPS) is 53.1. The fourth-order valence-corrected chi connectivity index (χ4v) is 10.5. The molecule has 1 aliphatic heterocycles. The van der Waals surface area contributed by atoms with Crippen LogP contribution >= 0.6 is 0 Å². The van der Waals surface area contributed by atoms with Crippen molar-refractivity contribution in [3.05, 3.63) is 12.2 Å². The lowest BCUT2D eigenvalue weighted by molar-refractivity contribution is -0.220. The molecule has 2 heteroatoms. The van der Waals surface area contributed by atoms with Crippen molar-refractivity contribution < 1.29 is 9.84 Å². The first-order valence-corrected chi connectivity index (χ1v) is 13.8. The minimum Gasteiger partial charge on any atom is -0.393 e. The van der Waals surface area contributed by atoms with E-state index in [2.05, 4.69) is 55.0 Å². The molecule has 1 N–H and O–H groups in total. The largest absolute Gasteiger partial charge is 0.393 e. The molecule has 0 bridgehead atoms. The number of hydrogen-bond donors (Lipinski definition) is 1. The number of hydrogen-bond acceptors (Lipinski definition) is 2. The lowest BCUT2D eigenvalue weighted by Gasteiger charge is -2.69. The van der Waals surface area contributed by atoms with Gasteiger partial charge in [0.05, 0.1) is 17.8 Å². The number of allylic oxidation sites excluding steroid dienone is 1. The Balaban J connectivity index is 1.36. The number of rotatable bonds is 4. The average Bonchev–Trinajstić information content (AvgIpc) is 3.15. The first kappa shape index (κ1) is 23.4. The molecule has 0 aromatic heterocycles. The van der Waals surface area contributed by atoms with Gasteiger partial charge in [-0.1, -0.05) is 46.8 Å². The van der Waals surface area contributed by atoms with Crippen molar-refractivity contribution in [3.63, 3.8) is 0 Å². The summed E-state index contributed by atoms with van der Waals surface area (Å²) in [5.74, 6) is 2.99. The molecule has 5 fully saturated rings. The third-order valence-electron chi connectivity index (χ3n) is 12.8. The van der Waals surface area contributed by atoms with Crippen LogP contribution < -0.4 is 0 Å². The Morgan fingerprint density at radius 3 is 2.16 bits per heavy atom. The summed E-state index contributed by atoms with van der Waals surface area (Å²) in [5.41, 5.74) is 2.92. The van der Waals surface area contributed by atoms with E-state index in [1.807, 2.05) is 0 Å². The molecule has 2 nitrogen and oxygen atoms in total. The minimum absolute atomic E-state index is 0.0528. The molecule has 9 atom stereocenters. The van der Waals surface area contributed by atoms with Gasteiger partial charge in [-0.15, -0.1) is 0 Å². The van der Waals surface area contributed by atoms with Crippen LogP contribution in [0.4, 0.5) is 0 Å². The number of ether oxygens (including phenoxy) is 1. The van der Waals surface area contributed by atoms with Crippen molar-refractivity contribution in [3.8, 4) is 0 Å². The van der Waals surface area contributed by atoms with E-state index >= 15 is 0 Å². The van der Waals surface area contributed by atoms with Crippen molar-refractivity contribution in [2.45, 2.75) is 130 Å². The maximum atomic E-state index is 10.9. The van der Waals surface area contributed by atoms with Crippen LogP contribution in [0.15, 0.2) is 12.2 Å². The van der Waals surface area contributed by atoms with Gasteiger partial charge in [0.25, 0.3) is 0 Å². The second-order valence-corrected chi connectivity index (χ2v) is 14.6. The summed E-state index contributed by atoms with van der Waals surface area (Å²) in [5, 5.41) is 10.9. The third kappa shape index (κ3) is 3.03.